The van der Waals surface area contributed by atoms with Gasteiger partial charge >= 0.3 is 8.60 Å². The summed E-state index contributed by atoms with van der Waals surface area (Å²) in [6.45, 7) is 0. The maximum Gasteiger partial charge on any atom is 0.335 e. The van der Waals surface area contributed by atoms with Crippen molar-refractivity contribution in [1.29, 1.82) is 0 Å². The van der Waals surface area contributed by atoms with E-state index in [9.17, 15) is 5.11 Å². The van der Waals surface area contributed by atoms with E-state index in [0.29, 0.717) is 5.56 Å². The summed E-state index contributed by atoms with van der Waals surface area (Å²) >= 11 is 0. The molecule has 0 aliphatic carbocycles. The largest absolute Gasteiger partial charge is 0.507 e. The van der Waals surface area contributed by atoms with Gasteiger partial charge in [0, 0.05) is 0 Å². The number of aromatic hydroxyl groups is 1. The van der Waals surface area contributed by atoms with Gasteiger partial charge in [-0.15, -0.1) is 0 Å². The molecule has 1 aromatic carbocycles. The molecule has 2 rings (SSSR count). The van der Waals surface area contributed by atoms with Crippen LogP contribution >= 0.6 is 8.60 Å². The highest BCUT2D eigenvalue weighted by Crippen LogP contribution is 2.55. The molecule has 0 radical (unpaired) electrons. The Morgan fingerprint density at radius 2 is 1.92 bits per heavy atom. The fourth-order valence-corrected chi connectivity index (χ4v) is 1.54. The van der Waals surface area contributed by atoms with Gasteiger partial charge in [0.1, 0.15) is 5.75 Å². The lowest BCUT2D eigenvalue weighted by Gasteiger charge is -2.30. The maximum absolute atomic E-state index is 9.30. The van der Waals surface area contributed by atoms with Crippen LogP contribution in [-0.2, 0) is 9.05 Å². The molecule has 5 heteroatoms. The third-order valence-electron chi connectivity index (χ3n) is 1.56. The molecule has 0 unspecified atom stereocenters. The van der Waals surface area contributed by atoms with Gasteiger partial charge in [0.15, 0.2) is 0 Å². The van der Waals surface area contributed by atoms with Gasteiger partial charge in [-0.2, -0.15) is 0 Å². The highest BCUT2D eigenvalue weighted by molar-refractivity contribution is 7.41. The monoisotopic (exact) mass is 186 g/mol. The molecule has 12 heavy (non-hydrogen) atoms. The Morgan fingerprint density at radius 3 is 2.50 bits per heavy atom. The highest BCUT2D eigenvalue weighted by atomic mass is 31.2. The van der Waals surface area contributed by atoms with E-state index in [0.717, 1.165) is 0 Å². The van der Waals surface area contributed by atoms with E-state index in [1.807, 2.05) is 0 Å². The average Bonchev–Trinajstić information content (AvgIpc) is 2.01. The Kier molecular flexibility index (Phi) is 1.98. The van der Waals surface area contributed by atoms with E-state index < -0.39 is 14.9 Å². The summed E-state index contributed by atoms with van der Waals surface area (Å²) in [5, 5.41) is 9.30. The molecule has 0 bridgehead atoms. The van der Waals surface area contributed by atoms with Gasteiger partial charge in [-0.05, 0) is 6.07 Å². The first kappa shape index (κ1) is 7.95. The second-order valence-electron chi connectivity index (χ2n) is 2.34. The van der Waals surface area contributed by atoms with Crippen molar-refractivity contribution >= 4 is 8.60 Å². The molecule has 1 fully saturated rings. The van der Waals surface area contributed by atoms with Gasteiger partial charge < -0.3 is 10.00 Å². The van der Waals surface area contributed by atoms with Crippen LogP contribution in [0.15, 0.2) is 24.3 Å². The van der Waals surface area contributed by atoms with Gasteiger partial charge in [-0.3, -0.25) is 9.05 Å². The Balaban J connectivity index is 2.18. The quantitative estimate of drug-likeness (QED) is 0.654. The molecule has 1 aliphatic rings. The van der Waals surface area contributed by atoms with Crippen LogP contribution in [0.2, 0.25) is 0 Å². The van der Waals surface area contributed by atoms with E-state index in [1.54, 1.807) is 24.3 Å². The third-order valence-corrected chi connectivity index (χ3v) is 2.31. The minimum Gasteiger partial charge on any atom is -0.507 e. The Hall–Kier alpha value is -0.670. The normalized spacial score (nSPS) is 28.1. The zero-order valence-corrected chi connectivity index (χ0v) is 6.94. The summed E-state index contributed by atoms with van der Waals surface area (Å²) in [6, 6.07) is 6.70. The first-order valence-electron chi connectivity index (χ1n) is 3.38. The van der Waals surface area contributed by atoms with Gasteiger partial charge in [0.05, 0.1) is 5.56 Å². The first-order chi connectivity index (χ1) is 5.77. The first-order valence-corrected chi connectivity index (χ1v) is 4.51. The zero-order valence-electron chi connectivity index (χ0n) is 6.04. The molecule has 0 amide bonds. The zero-order chi connectivity index (χ0) is 8.55. The molecule has 1 aliphatic heterocycles. The van der Waals surface area contributed by atoms with E-state index >= 15 is 0 Å². The maximum atomic E-state index is 9.30. The molecule has 0 atom stereocenters. The van der Waals surface area contributed by atoms with Crippen LogP contribution in [0.5, 0.6) is 5.75 Å². The second-order valence-corrected chi connectivity index (χ2v) is 3.24. The number of hydrogen-bond donors (Lipinski definition) is 2. The molecule has 0 spiro atoms. The molecule has 0 aromatic heterocycles. The molecule has 4 nitrogen and oxygen atoms in total. The second kappa shape index (κ2) is 2.99. The lowest BCUT2D eigenvalue weighted by Crippen LogP contribution is -2.13. The van der Waals surface area contributed by atoms with E-state index in [1.165, 1.54) is 0 Å². The van der Waals surface area contributed by atoms with Crippen LogP contribution in [0.4, 0.5) is 0 Å². The van der Waals surface area contributed by atoms with Gasteiger partial charge in [-0.25, -0.2) is 0 Å². The SMILES string of the molecule is Oc1ccccc1C1OP(O)O1. The van der Waals surface area contributed by atoms with Crippen LogP contribution in [0.3, 0.4) is 0 Å². The molecule has 1 saturated heterocycles. The number of para-hydroxylation sites is 1. The van der Waals surface area contributed by atoms with Gasteiger partial charge in [0.25, 0.3) is 0 Å². The molecule has 1 aromatic rings. The topological polar surface area (TPSA) is 58.9 Å². The average molecular weight is 186 g/mol. The predicted octanol–water partition coefficient (Wildman–Crippen LogP) is 1.66. The van der Waals surface area contributed by atoms with E-state index in [2.05, 4.69) is 0 Å². The molecular weight excluding hydrogens is 179 g/mol. The standard InChI is InChI=1S/C7H7O4P/c8-6-4-2-1-3-5(6)7-10-12(9)11-7/h1-4,7-9H. The van der Waals surface area contributed by atoms with Gasteiger partial charge in [-0.1, -0.05) is 18.2 Å². The summed E-state index contributed by atoms with van der Waals surface area (Å²) in [7, 11) is -1.70. The fourth-order valence-electron chi connectivity index (χ4n) is 0.972. The number of benzene rings is 1. The van der Waals surface area contributed by atoms with Crippen molar-refractivity contribution in [2.45, 2.75) is 6.29 Å². The lowest BCUT2D eigenvalue weighted by molar-refractivity contribution is -0.0970. The number of phenols is 1. The molecule has 0 saturated carbocycles. The summed E-state index contributed by atoms with van der Waals surface area (Å²) in [4.78, 5) is 8.71. The van der Waals surface area contributed by atoms with Crippen molar-refractivity contribution in [3.05, 3.63) is 29.8 Å². The minimum atomic E-state index is -1.70. The van der Waals surface area contributed by atoms with Crippen molar-refractivity contribution < 1.29 is 19.0 Å². The summed E-state index contributed by atoms with van der Waals surface area (Å²) in [5.74, 6) is 0.116. The van der Waals surface area contributed by atoms with Crippen LogP contribution in [0, 0.1) is 0 Å². The molecule has 1 heterocycles. The Bertz CT molecular complexity index is 284. The van der Waals surface area contributed by atoms with Gasteiger partial charge in [0.2, 0.25) is 6.29 Å². The molecule has 2 N–H and O–H groups in total. The molecular formula is C7H7O4P. The van der Waals surface area contributed by atoms with Crippen LogP contribution < -0.4 is 0 Å². The number of rotatable bonds is 1. The van der Waals surface area contributed by atoms with E-state index in [4.69, 9.17) is 13.9 Å². The van der Waals surface area contributed by atoms with Crippen molar-refractivity contribution in [2.24, 2.45) is 0 Å². The Labute approximate surface area is 70.4 Å². The Morgan fingerprint density at radius 1 is 1.25 bits per heavy atom. The lowest BCUT2D eigenvalue weighted by atomic mass is 10.2. The highest BCUT2D eigenvalue weighted by Gasteiger charge is 2.33. The van der Waals surface area contributed by atoms with Crippen LogP contribution in [0.1, 0.15) is 11.9 Å². The van der Waals surface area contributed by atoms with Crippen molar-refractivity contribution in [3.8, 4) is 5.75 Å². The van der Waals surface area contributed by atoms with Crippen LogP contribution in [-0.4, -0.2) is 10.00 Å². The van der Waals surface area contributed by atoms with Crippen LogP contribution in [0.25, 0.3) is 0 Å². The number of hydrogen-bond acceptors (Lipinski definition) is 4. The smallest absolute Gasteiger partial charge is 0.335 e. The third kappa shape index (κ3) is 1.30. The number of phenolic OH excluding ortho intramolecular Hbond substituents is 1. The minimum absolute atomic E-state index is 0.116. The van der Waals surface area contributed by atoms with Crippen molar-refractivity contribution in [3.63, 3.8) is 0 Å². The summed E-state index contributed by atoms with van der Waals surface area (Å²) < 4.78 is 9.69. The molecule has 64 valence electrons. The summed E-state index contributed by atoms with van der Waals surface area (Å²) in [5.41, 5.74) is 0.547. The predicted molar refractivity (Wildman–Crippen MR) is 42.2 cm³/mol. The summed E-state index contributed by atoms with van der Waals surface area (Å²) in [6.07, 6.45) is -0.609. The van der Waals surface area contributed by atoms with Crippen molar-refractivity contribution in [1.82, 2.24) is 0 Å². The van der Waals surface area contributed by atoms with E-state index in [-0.39, 0.29) is 5.75 Å². The van der Waals surface area contributed by atoms with Crippen molar-refractivity contribution in [2.75, 3.05) is 0 Å². The fraction of sp³-hybridized carbons (Fsp3) is 0.143.